The van der Waals surface area contributed by atoms with Crippen molar-refractivity contribution in [2.24, 2.45) is 11.7 Å². The number of benzene rings is 1. The molecule has 1 aromatic carbocycles. The van der Waals surface area contributed by atoms with E-state index in [2.05, 4.69) is 10.3 Å². The van der Waals surface area contributed by atoms with Crippen LogP contribution in [0.25, 0.3) is 10.9 Å². The molecule has 1 amide bonds. The zero-order chi connectivity index (χ0) is 14.7. The van der Waals surface area contributed by atoms with E-state index in [1.54, 1.807) is 6.20 Å². The van der Waals surface area contributed by atoms with Crippen molar-refractivity contribution in [1.82, 2.24) is 4.98 Å². The average Bonchev–Trinajstić information content (AvgIpc) is 2.48. The van der Waals surface area contributed by atoms with Crippen molar-refractivity contribution < 1.29 is 4.79 Å². The monoisotopic (exact) mass is 271 g/mol. The number of nitrogens with two attached hydrogens (primary N) is 1. The largest absolute Gasteiger partial charge is 0.324 e. The molecule has 106 valence electrons. The highest BCUT2D eigenvalue weighted by molar-refractivity contribution is 6.03. The lowest BCUT2D eigenvalue weighted by Crippen LogP contribution is -2.40. The molecule has 0 saturated heterocycles. The predicted molar refractivity (Wildman–Crippen MR) is 82.5 cm³/mol. The molecule has 3 N–H and O–H groups in total. The number of carbonyl (C=O) groups excluding carboxylic acids is 1. The van der Waals surface area contributed by atoms with Gasteiger partial charge in [-0.05, 0) is 36.6 Å². The minimum absolute atomic E-state index is 0.145. The maximum absolute atomic E-state index is 12.2. The average molecular weight is 271 g/mol. The minimum Gasteiger partial charge on any atom is -0.324 e. The van der Waals surface area contributed by atoms with Crippen molar-refractivity contribution in [2.45, 2.75) is 33.2 Å². The first kappa shape index (κ1) is 14.5. The second-order valence-electron chi connectivity index (χ2n) is 5.23. The molecule has 0 aliphatic heterocycles. The van der Waals surface area contributed by atoms with Gasteiger partial charge in [0.1, 0.15) is 0 Å². The molecule has 2 unspecified atom stereocenters. The number of rotatable bonds is 4. The fraction of sp³-hybridized carbons (Fsp3) is 0.375. The SMILES string of the molecule is CCC(C)C(N)C(=O)Nc1ccc(C)c2ncccc12. The Morgan fingerprint density at radius 3 is 2.85 bits per heavy atom. The van der Waals surface area contributed by atoms with E-state index in [1.807, 2.05) is 45.0 Å². The molecule has 0 fully saturated rings. The van der Waals surface area contributed by atoms with Gasteiger partial charge in [-0.1, -0.05) is 26.3 Å². The molecule has 4 heteroatoms. The van der Waals surface area contributed by atoms with Crippen molar-refractivity contribution in [3.05, 3.63) is 36.0 Å². The second kappa shape index (κ2) is 6.01. The van der Waals surface area contributed by atoms with Crippen LogP contribution in [-0.2, 0) is 4.79 Å². The number of aryl methyl sites for hydroxylation is 1. The first-order valence-corrected chi connectivity index (χ1v) is 6.95. The summed E-state index contributed by atoms with van der Waals surface area (Å²) in [6, 6.07) is 7.19. The third kappa shape index (κ3) is 2.80. The van der Waals surface area contributed by atoms with Gasteiger partial charge in [-0.25, -0.2) is 0 Å². The van der Waals surface area contributed by atoms with Crippen molar-refractivity contribution in [1.29, 1.82) is 0 Å². The Morgan fingerprint density at radius 1 is 1.40 bits per heavy atom. The van der Waals surface area contributed by atoms with Gasteiger partial charge in [0.05, 0.1) is 17.2 Å². The molecule has 0 bridgehead atoms. The Morgan fingerprint density at radius 2 is 2.15 bits per heavy atom. The summed E-state index contributed by atoms with van der Waals surface area (Å²) in [6.07, 6.45) is 2.64. The standard InChI is InChI=1S/C16H21N3O/c1-4-10(2)14(17)16(20)19-13-8-7-11(3)15-12(13)6-5-9-18-15/h5-10,14H,4,17H2,1-3H3,(H,19,20). The molecule has 20 heavy (non-hydrogen) atoms. The van der Waals surface area contributed by atoms with Gasteiger partial charge in [0, 0.05) is 11.6 Å². The Bertz CT molecular complexity index is 624. The lowest BCUT2D eigenvalue weighted by molar-refractivity contribution is -0.118. The number of nitrogens with one attached hydrogen (secondary N) is 1. The van der Waals surface area contributed by atoms with Gasteiger partial charge in [0.25, 0.3) is 0 Å². The van der Waals surface area contributed by atoms with Gasteiger partial charge in [0.15, 0.2) is 0 Å². The summed E-state index contributed by atoms with van der Waals surface area (Å²) in [5, 5.41) is 3.87. The molecule has 0 radical (unpaired) electrons. The van der Waals surface area contributed by atoms with Gasteiger partial charge < -0.3 is 11.1 Å². The van der Waals surface area contributed by atoms with Crippen LogP contribution in [0.2, 0.25) is 0 Å². The number of amides is 1. The van der Waals surface area contributed by atoms with Gasteiger partial charge in [-0.2, -0.15) is 0 Å². The number of fused-ring (bicyclic) bond motifs is 1. The highest BCUT2D eigenvalue weighted by Gasteiger charge is 2.20. The zero-order valence-corrected chi connectivity index (χ0v) is 12.2. The first-order valence-electron chi connectivity index (χ1n) is 6.95. The van der Waals surface area contributed by atoms with Gasteiger partial charge in [0.2, 0.25) is 5.91 Å². The predicted octanol–water partition coefficient (Wildman–Crippen LogP) is 2.86. The summed E-state index contributed by atoms with van der Waals surface area (Å²) in [5.74, 6) is 0.0122. The highest BCUT2D eigenvalue weighted by Crippen LogP contribution is 2.24. The van der Waals surface area contributed by atoms with E-state index in [1.165, 1.54) is 0 Å². The van der Waals surface area contributed by atoms with Crippen molar-refractivity contribution in [2.75, 3.05) is 5.32 Å². The molecule has 0 spiro atoms. The minimum atomic E-state index is -0.493. The molecule has 0 saturated carbocycles. The number of aromatic nitrogens is 1. The normalized spacial score (nSPS) is 14.0. The number of carbonyl (C=O) groups is 1. The maximum atomic E-state index is 12.2. The van der Waals surface area contributed by atoms with E-state index in [0.29, 0.717) is 0 Å². The summed E-state index contributed by atoms with van der Waals surface area (Å²) in [4.78, 5) is 16.5. The molecule has 4 nitrogen and oxygen atoms in total. The molecule has 0 aliphatic carbocycles. The summed E-state index contributed by atoms with van der Waals surface area (Å²) in [6.45, 7) is 6.02. The van der Waals surface area contributed by atoms with Crippen LogP contribution < -0.4 is 11.1 Å². The lowest BCUT2D eigenvalue weighted by atomic mass is 9.99. The van der Waals surface area contributed by atoms with Crippen LogP contribution in [0, 0.1) is 12.8 Å². The zero-order valence-electron chi connectivity index (χ0n) is 12.2. The van der Waals surface area contributed by atoms with Crippen molar-refractivity contribution >= 4 is 22.5 Å². The molecule has 2 rings (SSSR count). The Kier molecular flexibility index (Phi) is 4.35. The number of pyridine rings is 1. The van der Waals surface area contributed by atoms with Crippen LogP contribution in [0.5, 0.6) is 0 Å². The van der Waals surface area contributed by atoms with Crippen LogP contribution in [0.1, 0.15) is 25.8 Å². The molecule has 2 atom stereocenters. The van der Waals surface area contributed by atoms with Gasteiger partial charge >= 0.3 is 0 Å². The number of nitrogens with zero attached hydrogens (tertiary/aromatic N) is 1. The third-order valence-electron chi connectivity index (χ3n) is 3.79. The van der Waals surface area contributed by atoms with E-state index < -0.39 is 6.04 Å². The van der Waals surface area contributed by atoms with Crippen LogP contribution >= 0.6 is 0 Å². The van der Waals surface area contributed by atoms with Gasteiger partial charge in [-0.15, -0.1) is 0 Å². The highest BCUT2D eigenvalue weighted by atomic mass is 16.2. The Labute approximate surface area is 119 Å². The van der Waals surface area contributed by atoms with Crippen LogP contribution in [-0.4, -0.2) is 16.9 Å². The van der Waals surface area contributed by atoms with Crippen LogP contribution in [0.3, 0.4) is 0 Å². The van der Waals surface area contributed by atoms with Crippen molar-refractivity contribution in [3.8, 4) is 0 Å². The van der Waals surface area contributed by atoms with E-state index in [9.17, 15) is 4.79 Å². The summed E-state index contributed by atoms with van der Waals surface area (Å²) in [7, 11) is 0. The van der Waals surface area contributed by atoms with Crippen LogP contribution in [0.15, 0.2) is 30.5 Å². The van der Waals surface area contributed by atoms with E-state index in [0.717, 1.165) is 28.6 Å². The van der Waals surface area contributed by atoms with E-state index in [4.69, 9.17) is 5.73 Å². The summed E-state index contributed by atoms with van der Waals surface area (Å²) >= 11 is 0. The lowest BCUT2D eigenvalue weighted by Gasteiger charge is -2.18. The fourth-order valence-electron chi connectivity index (χ4n) is 2.15. The molecule has 1 heterocycles. The smallest absolute Gasteiger partial charge is 0.241 e. The van der Waals surface area contributed by atoms with Gasteiger partial charge in [-0.3, -0.25) is 9.78 Å². The van der Waals surface area contributed by atoms with E-state index >= 15 is 0 Å². The number of hydrogen-bond donors (Lipinski definition) is 2. The van der Waals surface area contributed by atoms with E-state index in [-0.39, 0.29) is 11.8 Å². The molecule has 1 aromatic heterocycles. The quantitative estimate of drug-likeness (QED) is 0.898. The summed E-state index contributed by atoms with van der Waals surface area (Å²) < 4.78 is 0. The topological polar surface area (TPSA) is 68.0 Å². The van der Waals surface area contributed by atoms with Crippen LogP contribution in [0.4, 0.5) is 5.69 Å². The Hall–Kier alpha value is -1.94. The molecular formula is C16H21N3O. The molecule has 2 aromatic rings. The Balaban J connectivity index is 2.31. The fourth-order valence-corrected chi connectivity index (χ4v) is 2.15. The number of anilines is 1. The summed E-state index contributed by atoms with van der Waals surface area (Å²) in [5.41, 5.74) is 8.72. The number of hydrogen-bond acceptors (Lipinski definition) is 3. The maximum Gasteiger partial charge on any atom is 0.241 e. The second-order valence-corrected chi connectivity index (χ2v) is 5.23. The first-order chi connectivity index (χ1) is 9.54. The van der Waals surface area contributed by atoms with Crippen molar-refractivity contribution in [3.63, 3.8) is 0 Å². The third-order valence-corrected chi connectivity index (χ3v) is 3.79. The molecule has 0 aliphatic rings. The molecular weight excluding hydrogens is 250 g/mol.